The summed E-state index contributed by atoms with van der Waals surface area (Å²) in [4.78, 5) is 0. The first-order valence-electron chi connectivity index (χ1n) is 8.33. The number of ether oxygens (including phenoxy) is 2. The van der Waals surface area contributed by atoms with E-state index in [-0.39, 0.29) is 0 Å². The van der Waals surface area contributed by atoms with Crippen LogP contribution < -0.4 is 0 Å². The molecule has 108 valence electrons. The molecule has 0 N–H and O–H groups in total. The number of hydrogen-bond acceptors (Lipinski definition) is 2. The van der Waals surface area contributed by atoms with Crippen molar-refractivity contribution in [2.45, 2.75) is 38.2 Å². The maximum absolute atomic E-state index is 6.15. The number of fused-ring (bicyclic) bond motifs is 9. The van der Waals surface area contributed by atoms with Gasteiger partial charge >= 0.3 is 122 Å². The van der Waals surface area contributed by atoms with Gasteiger partial charge in [-0.2, -0.15) is 0 Å². The maximum atomic E-state index is 6.15. The zero-order valence-electron chi connectivity index (χ0n) is 12.3. The third kappa shape index (κ3) is 1.93. The second kappa shape index (κ2) is 5.01. The first kappa shape index (κ1) is 13.1. The van der Waals surface area contributed by atoms with Crippen LogP contribution in [0.3, 0.4) is 0 Å². The van der Waals surface area contributed by atoms with Crippen molar-refractivity contribution >= 4 is 13.1 Å². The van der Waals surface area contributed by atoms with Crippen molar-refractivity contribution in [3.63, 3.8) is 0 Å². The second-order valence-electron chi connectivity index (χ2n) is 7.31. The average Bonchev–Trinajstić information content (AvgIpc) is 3.19. The van der Waals surface area contributed by atoms with Crippen molar-refractivity contribution in [3.05, 3.63) is 12.7 Å². The SMILES string of the molecule is B=C(C=C)OCCOC1CC2CC1C1C3CCC(C3)C21. The third-order valence-corrected chi connectivity index (χ3v) is 6.60. The van der Waals surface area contributed by atoms with Gasteiger partial charge < -0.3 is 0 Å². The first-order chi connectivity index (χ1) is 9.78. The summed E-state index contributed by atoms with van der Waals surface area (Å²) in [5.41, 5.74) is 0.648. The molecule has 0 aromatic carbocycles. The van der Waals surface area contributed by atoms with E-state index in [1.807, 2.05) is 0 Å². The summed E-state index contributed by atoms with van der Waals surface area (Å²) in [7, 11) is 3.75. The second-order valence-corrected chi connectivity index (χ2v) is 7.31. The van der Waals surface area contributed by atoms with Crippen LogP contribution in [0.5, 0.6) is 0 Å². The van der Waals surface area contributed by atoms with Crippen LogP contribution in [0.4, 0.5) is 0 Å². The molecule has 4 bridgehead atoms. The summed E-state index contributed by atoms with van der Waals surface area (Å²) in [6.45, 7) is 4.95. The topological polar surface area (TPSA) is 18.5 Å². The fraction of sp³-hybridized carbons (Fsp3) is 0.824. The molecule has 20 heavy (non-hydrogen) atoms. The molecule has 0 aliphatic heterocycles. The van der Waals surface area contributed by atoms with Crippen LogP contribution in [0.2, 0.25) is 0 Å². The number of hydrogen-bond donors (Lipinski definition) is 0. The third-order valence-electron chi connectivity index (χ3n) is 6.60. The van der Waals surface area contributed by atoms with Gasteiger partial charge in [0.15, 0.2) is 0 Å². The average molecular weight is 272 g/mol. The van der Waals surface area contributed by atoms with E-state index < -0.39 is 0 Å². The summed E-state index contributed by atoms with van der Waals surface area (Å²) >= 11 is 0. The molecule has 0 aromatic heterocycles. The van der Waals surface area contributed by atoms with Gasteiger partial charge in [-0.25, -0.2) is 0 Å². The minimum atomic E-state index is 0.515. The van der Waals surface area contributed by atoms with E-state index in [1.165, 1.54) is 32.1 Å². The van der Waals surface area contributed by atoms with Crippen LogP contribution in [-0.2, 0) is 9.47 Å². The fourth-order valence-corrected chi connectivity index (χ4v) is 6.13. The molecule has 4 aliphatic carbocycles. The van der Waals surface area contributed by atoms with Crippen molar-refractivity contribution in [1.82, 2.24) is 0 Å². The zero-order valence-corrected chi connectivity index (χ0v) is 12.3. The molecule has 0 radical (unpaired) electrons. The molecule has 0 spiro atoms. The Labute approximate surface area is 123 Å². The van der Waals surface area contributed by atoms with E-state index in [0.29, 0.717) is 25.0 Å². The van der Waals surface area contributed by atoms with Crippen LogP contribution >= 0.6 is 0 Å². The van der Waals surface area contributed by atoms with Crippen molar-refractivity contribution in [2.75, 3.05) is 13.2 Å². The Hall–Kier alpha value is -0.565. The van der Waals surface area contributed by atoms with E-state index in [0.717, 1.165) is 35.5 Å². The normalized spacial score (nSPS) is 47.5. The van der Waals surface area contributed by atoms with Crippen molar-refractivity contribution < 1.29 is 9.47 Å². The van der Waals surface area contributed by atoms with Crippen LogP contribution in [-0.4, -0.2) is 32.5 Å². The Morgan fingerprint density at radius 2 is 1.85 bits per heavy atom. The predicted octanol–water partition coefficient (Wildman–Crippen LogP) is 2.31. The van der Waals surface area contributed by atoms with Gasteiger partial charge in [-0.1, -0.05) is 0 Å². The summed E-state index contributed by atoms with van der Waals surface area (Å²) in [5.74, 6) is 6.07. The molecule has 7 unspecified atom stereocenters. The van der Waals surface area contributed by atoms with Gasteiger partial charge in [-0.05, 0) is 0 Å². The zero-order chi connectivity index (χ0) is 13.7. The summed E-state index contributed by atoms with van der Waals surface area (Å²) in [6, 6.07) is 0. The van der Waals surface area contributed by atoms with Gasteiger partial charge in [0.05, 0.1) is 0 Å². The van der Waals surface area contributed by atoms with Crippen LogP contribution in [0, 0.1) is 35.5 Å². The summed E-state index contributed by atoms with van der Waals surface area (Å²) < 4.78 is 11.6. The van der Waals surface area contributed by atoms with Crippen molar-refractivity contribution in [1.29, 1.82) is 0 Å². The van der Waals surface area contributed by atoms with Crippen molar-refractivity contribution in [3.8, 4) is 0 Å². The fourth-order valence-electron chi connectivity index (χ4n) is 6.13. The molecular formula is C17H25BO2. The molecule has 4 fully saturated rings. The Morgan fingerprint density at radius 3 is 2.65 bits per heavy atom. The monoisotopic (exact) mass is 272 g/mol. The molecule has 4 rings (SSSR count). The molecule has 0 heterocycles. The molecule has 7 atom stereocenters. The molecule has 0 aromatic rings. The molecule has 2 nitrogen and oxygen atoms in total. The number of rotatable bonds is 6. The van der Waals surface area contributed by atoms with E-state index in [4.69, 9.17) is 9.47 Å². The molecular weight excluding hydrogens is 247 g/mol. The van der Waals surface area contributed by atoms with Crippen LogP contribution in [0.15, 0.2) is 12.7 Å². The molecule has 0 saturated heterocycles. The van der Waals surface area contributed by atoms with Crippen LogP contribution in [0.1, 0.15) is 32.1 Å². The van der Waals surface area contributed by atoms with E-state index in [9.17, 15) is 0 Å². The summed E-state index contributed by atoms with van der Waals surface area (Å²) in [5, 5.41) is 0. The van der Waals surface area contributed by atoms with Crippen LogP contribution in [0.25, 0.3) is 0 Å². The van der Waals surface area contributed by atoms with E-state index >= 15 is 0 Å². The summed E-state index contributed by atoms with van der Waals surface area (Å²) in [6.07, 6.45) is 9.50. The van der Waals surface area contributed by atoms with Crippen molar-refractivity contribution in [2.24, 2.45) is 35.5 Å². The van der Waals surface area contributed by atoms with Gasteiger partial charge in [-0.15, -0.1) is 0 Å². The first-order valence-corrected chi connectivity index (χ1v) is 8.33. The molecule has 0 amide bonds. The van der Waals surface area contributed by atoms with E-state index in [2.05, 4.69) is 14.1 Å². The Morgan fingerprint density at radius 1 is 1.05 bits per heavy atom. The van der Waals surface area contributed by atoms with Gasteiger partial charge in [0.1, 0.15) is 0 Å². The van der Waals surface area contributed by atoms with Gasteiger partial charge in [-0.3, -0.25) is 0 Å². The molecule has 4 saturated carbocycles. The van der Waals surface area contributed by atoms with Gasteiger partial charge in [0, 0.05) is 0 Å². The molecule has 4 aliphatic rings. The Kier molecular flexibility index (Phi) is 3.29. The Bertz CT molecular complexity index is 421. The van der Waals surface area contributed by atoms with Gasteiger partial charge in [0.2, 0.25) is 0 Å². The van der Waals surface area contributed by atoms with Gasteiger partial charge in [0.25, 0.3) is 0 Å². The predicted molar refractivity (Wildman–Crippen MR) is 82.1 cm³/mol. The standard InChI is InChI=1S/C17H25BO2/c1-2-15(18)20-6-5-19-14-9-12-8-13(14)17-11-4-3-10(7-11)16(12)17/h2,10-14,16-18H,1,3-9H2. The molecule has 3 heteroatoms. The van der Waals surface area contributed by atoms with E-state index in [1.54, 1.807) is 6.08 Å². The minimum absolute atomic E-state index is 0.515. The Balaban J connectivity index is 1.30. The quantitative estimate of drug-likeness (QED) is 0.419.